The van der Waals surface area contributed by atoms with Gasteiger partial charge >= 0.3 is 0 Å². The molecule has 0 radical (unpaired) electrons. The van der Waals surface area contributed by atoms with Crippen molar-refractivity contribution in [1.82, 2.24) is 9.97 Å². The Morgan fingerprint density at radius 3 is 1.70 bits per heavy atom. The Morgan fingerprint density at radius 2 is 1.18 bits per heavy atom. The fourth-order valence-electron chi connectivity index (χ4n) is 3.43. The van der Waals surface area contributed by atoms with Crippen LogP contribution in [0, 0.1) is 13.8 Å². The molecule has 3 aromatic carbocycles. The molecule has 4 rings (SSSR count). The average Bonchev–Trinajstić information content (AvgIpc) is 2.71. The number of benzene rings is 3. The molecule has 0 bridgehead atoms. The fraction of sp³-hybridized carbons (Fsp3) is 0.100. The molecule has 0 saturated heterocycles. The minimum absolute atomic E-state index is 0.0160. The van der Waals surface area contributed by atoms with Crippen LogP contribution < -0.4 is 0 Å². The molecule has 0 aliphatic rings. The zero-order chi connectivity index (χ0) is 24.1. The topological polar surface area (TPSA) is 179 Å². The maximum absolute atomic E-state index is 11.7. The first-order valence-corrected chi connectivity index (χ1v) is 12.1. The van der Waals surface area contributed by atoms with Crippen LogP contribution in [0.15, 0.2) is 62.5 Å². The Balaban J connectivity index is 2.09. The van der Waals surface area contributed by atoms with Gasteiger partial charge in [0.05, 0.1) is 9.79 Å². The molecule has 0 spiro atoms. The molecule has 0 unspecified atom stereocenters. The standard InChI is InChI=1S/C20H16N4O7S2/c1-10-7-11(2)22-20(21-10)24-23-18-16-8-12(32(26,27)28)3-5-14(16)15-6-4-13(33(29,30)31)9-17(15)19(18)25/h3-9,25H,1-2H3,(H,26,27,28)(H,29,30,31)/b24-23+. The summed E-state index contributed by atoms with van der Waals surface area (Å²) in [5.41, 5.74) is 1.03. The van der Waals surface area contributed by atoms with Crippen LogP contribution in [0.25, 0.3) is 21.5 Å². The van der Waals surface area contributed by atoms with Gasteiger partial charge in [0.25, 0.3) is 26.2 Å². The number of rotatable bonds is 4. The summed E-state index contributed by atoms with van der Waals surface area (Å²) < 4.78 is 65.4. The van der Waals surface area contributed by atoms with E-state index in [9.17, 15) is 31.0 Å². The smallest absolute Gasteiger partial charge is 0.294 e. The van der Waals surface area contributed by atoms with Gasteiger partial charge in [-0.15, -0.1) is 10.2 Å². The van der Waals surface area contributed by atoms with Crippen LogP contribution in [0.1, 0.15) is 11.4 Å². The molecule has 0 aliphatic heterocycles. The summed E-state index contributed by atoms with van der Waals surface area (Å²) in [7, 11) is -9.14. The lowest BCUT2D eigenvalue weighted by Gasteiger charge is -2.12. The number of aryl methyl sites for hydroxylation is 2. The van der Waals surface area contributed by atoms with Crippen LogP contribution in [-0.2, 0) is 20.2 Å². The van der Waals surface area contributed by atoms with Crippen LogP contribution in [0.2, 0.25) is 0 Å². The van der Waals surface area contributed by atoms with Gasteiger partial charge in [0.15, 0.2) is 5.75 Å². The summed E-state index contributed by atoms with van der Waals surface area (Å²) in [5, 5.41) is 19.8. The van der Waals surface area contributed by atoms with Gasteiger partial charge in [0, 0.05) is 22.2 Å². The second-order valence-electron chi connectivity index (χ2n) is 7.21. The SMILES string of the molecule is Cc1cc(C)nc(/N=N/c2c(O)c3cc(S(=O)(=O)O)ccc3c3ccc(S(=O)(=O)O)cc23)n1. The molecule has 1 aromatic heterocycles. The van der Waals surface area contributed by atoms with Gasteiger partial charge in [0.2, 0.25) is 0 Å². The van der Waals surface area contributed by atoms with Crippen molar-refractivity contribution in [3.05, 3.63) is 53.9 Å². The van der Waals surface area contributed by atoms with Crippen molar-refractivity contribution in [2.45, 2.75) is 23.6 Å². The molecular weight excluding hydrogens is 472 g/mol. The van der Waals surface area contributed by atoms with E-state index in [1.54, 1.807) is 19.9 Å². The molecule has 0 saturated carbocycles. The van der Waals surface area contributed by atoms with E-state index in [4.69, 9.17) is 0 Å². The van der Waals surface area contributed by atoms with Gasteiger partial charge in [-0.1, -0.05) is 12.1 Å². The van der Waals surface area contributed by atoms with Crippen molar-refractivity contribution in [1.29, 1.82) is 0 Å². The molecule has 3 N–H and O–H groups in total. The molecule has 0 aliphatic carbocycles. The molecule has 4 aromatic rings. The largest absolute Gasteiger partial charge is 0.505 e. The number of aromatic hydroxyl groups is 1. The van der Waals surface area contributed by atoms with E-state index >= 15 is 0 Å². The Kier molecular flexibility index (Phi) is 5.36. The van der Waals surface area contributed by atoms with E-state index in [0.717, 1.165) is 24.3 Å². The highest BCUT2D eigenvalue weighted by Crippen LogP contribution is 2.44. The van der Waals surface area contributed by atoms with Gasteiger partial charge in [-0.25, -0.2) is 9.97 Å². The normalized spacial score (nSPS) is 12.7. The van der Waals surface area contributed by atoms with Crippen LogP contribution in [0.4, 0.5) is 11.6 Å². The molecule has 170 valence electrons. The van der Waals surface area contributed by atoms with Crippen molar-refractivity contribution in [2.75, 3.05) is 0 Å². The first kappa shape index (κ1) is 22.7. The molecular formula is C20H16N4O7S2. The van der Waals surface area contributed by atoms with Crippen molar-refractivity contribution in [2.24, 2.45) is 10.2 Å². The molecule has 1 heterocycles. The first-order chi connectivity index (χ1) is 15.3. The number of fused-ring (bicyclic) bond motifs is 3. The van der Waals surface area contributed by atoms with E-state index in [-0.39, 0.29) is 22.4 Å². The summed E-state index contributed by atoms with van der Waals surface area (Å²) in [6, 6.07) is 8.90. The third kappa shape index (κ3) is 4.39. The molecule has 0 atom stereocenters. The Hall–Kier alpha value is -3.52. The number of azo groups is 1. The van der Waals surface area contributed by atoms with Crippen LogP contribution in [-0.4, -0.2) is 41.0 Å². The van der Waals surface area contributed by atoms with Gasteiger partial charge in [0.1, 0.15) is 5.69 Å². The lowest BCUT2D eigenvalue weighted by molar-refractivity contribution is 0.479. The second-order valence-corrected chi connectivity index (χ2v) is 10.1. The average molecular weight is 489 g/mol. The van der Waals surface area contributed by atoms with Crippen molar-refractivity contribution in [3.8, 4) is 5.75 Å². The van der Waals surface area contributed by atoms with Crippen molar-refractivity contribution in [3.63, 3.8) is 0 Å². The molecule has 0 amide bonds. The summed E-state index contributed by atoms with van der Waals surface area (Å²) in [4.78, 5) is 7.35. The van der Waals surface area contributed by atoms with E-state index in [2.05, 4.69) is 20.2 Å². The highest BCUT2D eigenvalue weighted by molar-refractivity contribution is 7.86. The van der Waals surface area contributed by atoms with E-state index in [0.29, 0.717) is 22.2 Å². The van der Waals surface area contributed by atoms with Gasteiger partial charge in [-0.05, 0) is 55.0 Å². The minimum atomic E-state index is -4.57. The Morgan fingerprint density at radius 1 is 0.697 bits per heavy atom. The molecule has 33 heavy (non-hydrogen) atoms. The third-order valence-electron chi connectivity index (χ3n) is 4.81. The molecule has 13 heteroatoms. The van der Waals surface area contributed by atoms with E-state index in [1.807, 2.05) is 0 Å². The maximum Gasteiger partial charge on any atom is 0.294 e. The highest BCUT2D eigenvalue weighted by atomic mass is 32.2. The van der Waals surface area contributed by atoms with Gasteiger partial charge < -0.3 is 5.11 Å². The number of nitrogens with zero attached hydrogens (tertiary/aromatic N) is 4. The summed E-state index contributed by atoms with van der Waals surface area (Å²) in [5.74, 6) is -0.540. The number of hydrogen-bond acceptors (Lipinski definition) is 9. The summed E-state index contributed by atoms with van der Waals surface area (Å²) >= 11 is 0. The lowest BCUT2D eigenvalue weighted by atomic mass is 9.99. The molecule has 11 nitrogen and oxygen atoms in total. The second kappa shape index (κ2) is 7.81. The van der Waals surface area contributed by atoms with Crippen LogP contribution >= 0.6 is 0 Å². The Labute approximate surface area is 188 Å². The Bertz CT molecular complexity index is 1680. The number of hydrogen-bond donors (Lipinski definition) is 3. The quantitative estimate of drug-likeness (QED) is 0.217. The van der Waals surface area contributed by atoms with Crippen LogP contribution in [0.5, 0.6) is 5.75 Å². The zero-order valence-corrected chi connectivity index (χ0v) is 18.8. The van der Waals surface area contributed by atoms with Gasteiger partial charge in [-0.3, -0.25) is 9.11 Å². The fourth-order valence-corrected chi connectivity index (χ4v) is 4.45. The minimum Gasteiger partial charge on any atom is -0.505 e. The predicted molar refractivity (Wildman–Crippen MR) is 118 cm³/mol. The zero-order valence-electron chi connectivity index (χ0n) is 17.1. The highest BCUT2D eigenvalue weighted by Gasteiger charge is 2.20. The van der Waals surface area contributed by atoms with E-state index in [1.165, 1.54) is 12.1 Å². The molecule has 0 fully saturated rings. The van der Waals surface area contributed by atoms with E-state index < -0.39 is 35.8 Å². The number of aromatic nitrogens is 2. The van der Waals surface area contributed by atoms with Crippen molar-refractivity contribution < 1.29 is 31.0 Å². The maximum atomic E-state index is 11.7. The first-order valence-electron chi connectivity index (χ1n) is 9.26. The summed E-state index contributed by atoms with van der Waals surface area (Å²) in [6.45, 7) is 3.46. The third-order valence-corrected chi connectivity index (χ3v) is 6.51. The monoisotopic (exact) mass is 488 g/mol. The summed E-state index contributed by atoms with van der Waals surface area (Å²) in [6.07, 6.45) is 0. The van der Waals surface area contributed by atoms with Crippen molar-refractivity contribution >= 4 is 53.4 Å². The number of phenols is 1. The van der Waals surface area contributed by atoms with Crippen LogP contribution in [0.3, 0.4) is 0 Å². The predicted octanol–water partition coefficient (Wildman–Crippen LogP) is 4.01. The number of phenolic OH excluding ortho intramolecular Hbond substituents is 1. The lowest BCUT2D eigenvalue weighted by Crippen LogP contribution is -1.99. The van der Waals surface area contributed by atoms with Gasteiger partial charge in [-0.2, -0.15) is 16.8 Å².